The molecule has 0 bridgehead atoms. The number of esters is 3. The molecule has 0 fully saturated rings. The van der Waals surface area contributed by atoms with Crippen molar-refractivity contribution < 1.29 is 28.6 Å². The standard InChI is InChI=1S/C74H124O6/c1-4-7-10-13-16-19-22-25-28-31-33-34-35-36-37-38-39-40-42-43-46-49-52-55-58-61-64-67-73(76)79-70-71(69-78-72(75)66-63-60-57-54-51-48-45-30-27-24-21-18-15-12-9-6-3)80-74(77)68-65-62-59-56-53-50-47-44-41-32-29-26-23-20-17-14-11-8-5-2/h8,11,17,20-22,24-26,29-31,33,41,44-45,50,53,59,62,71H,4-7,9-10,12-16,18-19,23,27-28,32,34-40,42-43,46-49,51-52,54-58,60-61,63-70H2,1-3H3/b11-8-,20-17-,24-21-,25-22-,29-26-,33-31-,44-41-,45-30-,53-50-,62-59-. The minimum atomic E-state index is -0.829. The Morgan fingerprint density at radius 3 is 0.825 bits per heavy atom. The zero-order valence-corrected chi connectivity index (χ0v) is 52.3. The molecule has 0 amide bonds. The van der Waals surface area contributed by atoms with Crippen molar-refractivity contribution in [2.24, 2.45) is 0 Å². The van der Waals surface area contributed by atoms with Crippen LogP contribution in [-0.2, 0) is 28.6 Å². The molecule has 0 aromatic heterocycles. The van der Waals surface area contributed by atoms with Gasteiger partial charge < -0.3 is 14.2 Å². The molecule has 0 aliphatic rings. The predicted octanol–water partition coefficient (Wildman–Crippen LogP) is 23.2. The second-order valence-corrected chi connectivity index (χ2v) is 22.0. The molecule has 456 valence electrons. The molecule has 0 heterocycles. The molecule has 0 aromatic carbocycles. The van der Waals surface area contributed by atoms with E-state index in [4.69, 9.17) is 14.2 Å². The third-order valence-electron chi connectivity index (χ3n) is 14.2. The van der Waals surface area contributed by atoms with Gasteiger partial charge in [-0.3, -0.25) is 14.4 Å². The lowest BCUT2D eigenvalue weighted by atomic mass is 10.0. The van der Waals surface area contributed by atoms with Crippen LogP contribution in [0.5, 0.6) is 0 Å². The smallest absolute Gasteiger partial charge is 0.306 e. The van der Waals surface area contributed by atoms with E-state index >= 15 is 0 Å². The fourth-order valence-electron chi connectivity index (χ4n) is 9.18. The van der Waals surface area contributed by atoms with Crippen molar-refractivity contribution in [3.8, 4) is 0 Å². The minimum Gasteiger partial charge on any atom is -0.462 e. The van der Waals surface area contributed by atoms with E-state index in [1.807, 2.05) is 6.08 Å². The van der Waals surface area contributed by atoms with Crippen LogP contribution in [0.25, 0.3) is 0 Å². The largest absolute Gasteiger partial charge is 0.462 e. The Kier molecular flexibility index (Phi) is 63.8. The zero-order valence-electron chi connectivity index (χ0n) is 52.3. The summed E-state index contributed by atoms with van der Waals surface area (Å²) in [6.45, 7) is 6.45. The van der Waals surface area contributed by atoms with Crippen molar-refractivity contribution in [3.63, 3.8) is 0 Å². The molecule has 6 heteroatoms. The van der Waals surface area contributed by atoms with Crippen LogP contribution in [0.1, 0.15) is 310 Å². The van der Waals surface area contributed by atoms with Gasteiger partial charge in [-0.1, -0.05) is 290 Å². The summed E-state index contributed by atoms with van der Waals surface area (Å²) < 4.78 is 16.9. The third kappa shape index (κ3) is 64.6. The van der Waals surface area contributed by atoms with E-state index in [2.05, 4.69) is 136 Å². The summed E-state index contributed by atoms with van der Waals surface area (Å²) in [6, 6.07) is 0. The van der Waals surface area contributed by atoms with Gasteiger partial charge in [-0.05, 0) is 122 Å². The molecule has 0 saturated carbocycles. The van der Waals surface area contributed by atoms with Gasteiger partial charge >= 0.3 is 17.9 Å². The minimum absolute atomic E-state index is 0.114. The molecular weight excluding hydrogens is 985 g/mol. The lowest BCUT2D eigenvalue weighted by molar-refractivity contribution is -0.166. The maximum absolute atomic E-state index is 12.9. The second kappa shape index (κ2) is 67.3. The van der Waals surface area contributed by atoms with E-state index in [0.717, 1.165) is 109 Å². The van der Waals surface area contributed by atoms with Gasteiger partial charge in [-0.2, -0.15) is 0 Å². The van der Waals surface area contributed by atoms with Crippen molar-refractivity contribution in [1.82, 2.24) is 0 Å². The van der Waals surface area contributed by atoms with E-state index in [-0.39, 0.29) is 31.6 Å². The van der Waals surface area contributed by atoms with Crippen LogP contribution in [0.2, 0.25) is 0 Å². The SMILES string of the molecule is CC/C=C\C/C=C\C/C=C\C/C=C\C/C=C\C/C=C\CCC(=O)OC(COC(=O)CCCCCCC/C=C\C/C=C\CCCCCC)COC(=O)CCCCCCCCCCCCCCCCC/C=C\C/C=C\CCCCCCC. The zero-order chi connectivity index (χ0) is 57.8. The Morgan fingerprint density at radius 1 is 0.263 bits per heavy atom. The van der Waals surface area contributed by atoms with Crippen LogP contribution in [0, 0.1) is 0 Å². The highest BCUT2D eigenvalue weighted by atomic mass is 16.6. The third-order valence-corrected chi connectivity index (χ3v) is 14.2. The molecule has 0 aliphatic heterocycles. The van der Waals surface area contributed by atoms with Gasteiger partial charge in [0.15, 0.2) is 6.10 Å². The molecule has 80 heavy (non-hydrogen) atoms. The van der Waals surface area contributed by atoms with Crippen LogP contribution in [0.4, 0.5) is 0 Å². The molecule has 0 aromatic rings. The first-order chi connectivity index (χ1) is 39.5. The average Bonchev–Trinajstić information content (AvgIpc) is 3.46. The molecule has 1 atom stereocenters. The summed E-state index contributed by atoms with van der Waals surface area (Å²) in [4.78, 5) is 38.3. The topological polar surface area (TPSA) is 78.9 Å². The van der Waals surface area contributed by atoms with Crippen LogP contribution in [-0.4, -0.2) is 37.2 Å². The summed E-state index contributed by atoms with van der Waals surface area (Å²) in [5.74, 6) is -1.01. The molecular formula is C74H124O6. The number of allylic oxidation sites excluding steroid dienone is 20. The Labute approximate surface area is 494 Å². The molecule has 6 nitrogen and oxygen atoms in total. The van der Waals surface area contributed by atoms with Gasteiger partial charge in [-0.25, -0.2) is 0 Å². The lowest BCUT2D eigenvalue weighted by Crippen LogP contribution is -2.30. The summed E-state index contributed by atoms with van der Waals surface area (Å²) in [7, 11) is 0. The number of rotatable bonds is 60. The van der Waals surface area contributed by atoms with Crippen LogP contribution >= 0.6 is 0 Å². The average molecular weight is 1110 g/mol. The first-order valence-electron chi connectivity index (χ1n) is 33.5. The fourth-order valence-corrected chi connectivity index (χ4v) is 9.18. The fraction of sp³-hybridized carbons (Fsp3) is 0.689. The van der Waals surface area contributed by atoms with E-state index in [0.29, 0.717) is 19.3 Å². The number of carbonyl (C=O) groups excluding carboxylic acids is 3. The highest BCUT2D eigenvalue weighted by Crippen LogP contribution is 2.16. The first-order valence-corrected chi connectivity index (χ1v) is 33.5. The van der Waals surface area contributed by atoms with Gasteiger partial charge in [0.25, 0.3) is 0 Å². The molecule has 0 aliphatic carbocycles. The van der Waals surface area contributed by atoms with Crippen LogP contribution in [0.3, 0.4) is 0 Å². The maximum atomic E-state index is 12.9. The highest BCUT2D eigenvalue weighted by molar-refractivity contribution is 5.71. The van der Waals surface area contributed by atoms with E-state index < -0.39 is 12.1 Å². The van der Waals surface area contributed by atoms with Gasteiger partial charge in [-0.15, -0.1) is 0 Å². The number of hydrogen-bond donors (Lipinski definition) is 0. The maximum Gasteiger partial charge on any atom is 0.306 e. The molecule has 0 spiro atoms. The summed E-state index contributed by atoms with van der Waals surface area (Å²) in [6.07, 6.45) is 93.7. The summed E-state index contributed by atoms with van der Waals surface area (Å²) in [5.41, 5.74) is 0. The van der Waals surface area contributed by atoms with Gasteiger partial charge in [0, 0.05) is 19.3 Å². The monoisotopic (exact) mass is 1110 g/mol. The number of carbonyl (C=O) groups is 3. The van der Waals surface area contributed by atoms with E-state index in [9.17, 15) is 14.4 Å². The Hall–Kier alpha value is -4.19. The van der Waals surface area contributed by atoms with Gasteiger partial charge in [0.1, 0.15) is 13.2 Å². The number of ether oxygens (including phenoxy) is 3. The van der Waals surface area contributed by atoms with Gasteiger partial charge in [0.2, 0.25) is 0 Å². The normalized spacial score (nSPS) is 12.9. The predicted molar refractivity (Wildman–Crippen MR) is 348 cm³/mol. The van der Waals surface area contributed by atoms with Gasteiger partial charge in [0.05, 0.1) is 0 Å². The van der Waals surface area contributed by atoms with E-state index in [1.165, 1.54) is 154 Å². The van der Waals surface area contributed by atoms with E-state index in [1.54, 1.807) is 0 Å². The Bertz CT molecular complexity index is 1650. The number of unbranched alkanes of at least 4 members (excludes halogenated alkanes) is 29. The van der Waals surface area contributed by atoms with Crippen LogP contribution < -0.4 is 0 Å². The quantitative estimate of drug-likeness (QED) is 0.0261. The Balaban J connectivity index is 4.41. The molecule has 1 unspecified atom stereocenters. The molecule has 0 N–H and O–H groups in total. The van der Waals surface area contributed by atoms with Crippen molar-refractivity contribution >= 4 is 17.9 Å². The molecule has 0 radical (unpaired) electrons. The summed E-state index contributed by atoms with van der Waals surface area (Å²) >= 11 is 0. The van der Waals surface area contributed by atoms with Crippen molar-refractivity contribution in [1.29, 1.82) is 0 Å². The van der Waals surface area contributed by atoms with Crippen molar-refractivity contribution in [2.75, 3.05) is 13.2 Å². The highest BCUT2D eigenvalue weighted by Gasteiger charge is 2.19. The first kappa shape index (κ1) is 75.8. The molecule has 0 saturated heterocycles. The van der Waals surface area contributed by atoms with Crippen LogP contribution in [0.15, 0.2) is 122 Å². The lowest BCUT2D eigenvalue weighted by Gasteiger charge is -2.18. The van der Waals surface area contributed by atoms with Crippen molar-refractivity contribution in [3.05, 3.63) is 122 Å². The number of hydrogen-bond acceptors (Lipinski definition) is 6. The van der Waals surface area contributed by atoms with Crippen molar-refractivity contribution in [2.45, 2.75) is 316 Å². The second-order valence-electron chi connectivity index (χ2n) is 22.0. The molecule has 0 rings (SSSR count). The summed E-state index contributed by atoms with van der Waals surface area (Å²) in [5, 5.41) is 0. The Morgan fingerprint density at radius 2 is 0.512 bits per heavy atom.